The van der Waals surface area contributed by atoms with E-state index in [0.717, 1.165) is 30.6 Å². The third kappa shape index (κ3) is 7.73. The predicted octanol–water partition coefficient (Wildman–Crippen LogP) is 13.3. The molecular weight excluding hydrogens is 900 g/mol. The fourth-order valence-corrected chi connectivity index (χ4v) is 12.7. The second kappa shape index (κ2) is 17.8. The number of nitrogens with zero attached hydrogens (tertiary/aromatic N) is 2. The zero-order chi connectivity index (χ0) is 43.1. The molecule has 0 aliphatic heterocycles. The molecule has 310 valence electrons. The zero-order valence-electron chi connectivity index (χ0n) is 33.1. The van der Waals surface area contributed by atoms with Gasteiger partial charge < -0.3 is 18.3 Å². The maximum atomic E-state index is 14.2. The Balaban J connectivity index is 1.06. The van der Waals surface area contributed by atoms with Gasteiger partial charge in [-0.2, -0.15) is 0 Å². The lowest BCUT2D eigenvalue weighted by Crippen LogP contribution is -2.06. The van der Waals surface area contributed by atoms with Crippen molar-refractivity contribution in [1.82, 2.24) is 8.80 Å². The lowest BCUT2D eigenvalue weighted by atomic mass is 10.1. The number of hydrogen-bond acceptors (Lipinski definition) is 10. The summed E-state index contributed by atoms with van der Waals surface area (Å²) in [4.78, 5) is 56.5. The molecule has 0 amide bonds. The molecule has 3 aromatic carbocycles. The van der Waals surface area contributed by atoms with Gasteiger partial charge in [-0.3, -0.25) is 9.59 Å². The largest absolute Gasteiger partial charge is 0.462 e. The molecule has 9 aromatic rings. The number of carbonyl (C=O) groups excluding carboxylic acids is 4. The Morgan fingerprint density at radius 3 is 1.39 bits per heavy atom. The molecule has 0 aliphatic carbocycles. The van der Waals surface area contributed by atoms with E-state index < -0.39 is 11.9 Å². The Morgan fingerprint density at radius 2 is 0.984 bits per heavy atom. The van der Waals surface area contributed by atoms with E-state index in [1.54, 1.807) is 85.9 Å². The van der Waals surface area contributed by atoms with E-state index in [-0.39, 0.29) is 24.8 Å². The summed E-state index contributed by atoms with van der Waals surface area (Å²) in [5.41, 5.74) is 6.73. The molecule has 0 atom stereocenters. The quantitative estimate of drug-likeness (QED) is 0.0604. The maximum Gasteiger partial charge on any atom is 0.341 e. The Kier molecular flexibility index (Phi) is 12.1. The van der Waals surface area contributed by atoms with Crippen molar-refractivity contribution in [2.75, 3.05) is 13.2 Å². The van der Waals surface area contributed by atoms with Crippen molar-refractivity contribution in [1.29, 1.82) is 0 Å². The highest BCUT2D eigenvalue weighted by Crippen LogP contribution is 2.47. The summed E-state index contributed by atoms with van der Waals surface area (Å²) in [7, 11) is 0. The van der Waals surface area contributed by atoms with Crippen molar-refractivity contribution < 1.29 is 28.7 Å². The molecule has 0 spiro atoms. The van der Waals surface area contributed by atoms with Crippen molar-refractivity contribution in [3.8, 4) is 0 Å². The van der Waals surface area contributed by atoms with Crippen LogP contribution in [0, 0.1) is 0 Å². The van der Waals surface area contributed by atoms with Gasteiger partial charge >= 0.3 is 11.9 Å². The van der Waals surface area contributed by atoms with Crippen LogP contribution in [0.3, 0.4) is 0 Å². The van der Waals surface area contributed by atoms with E-state index in [9.17, 15) is 19.2 Å². The molecule has 6 aromatic heterocycles. The van der Waals surface area contributed by atoms with Gasteiger partial charge in [0.15, 0.2) is 0 Å². The minimum atomic E-state index is -0.481. The van der Waals surface area contributed by atoms with Gasteiger partial charge in [0.2, 0.25) is 11.6 Å². The van der Waals surface area contributed by atoms with Crippen molar-refractivity contribution in [3.63, 3.8) is 0 Å². The van der Waals surface area contributed by atoms with Crippen LogP contribution in [0.5, 0.6) is 0 Å². The van der Waals surface area contributed by atoms with Gasteiger partial charge in [-0.25, -0.2) is 9.59 Å². The third-order valence-corrected chi connectivity index (χ3v) is 15.8. The number of fused-ring (bicyclic) bond motifs is 6. The van der Waals surface area contributed by atoms with Gasteiger partial charge in [0.1, 0.15) is 0 Å². The second-order valence-corrected chi connectivity index (χ2v) is 19.5. The lowest BCUT2D eigenvalue weighted by Gasteiger charge is -2.06. The van der Waals surface area contributed by atoms with E-state index in [1.165, 1.54) is 22.7 Å². The van der Waals surface area contributed by atoms with E-state index in [2.05, 4.69) is 18.2 Å². The summed E-state index contributed by atoms with van der Waals surface area (Å²) in [6.07, 6.45) is 3.82. The Labute approximate surface area is 382 Å². The number of rotatable bonds is 14. The van der Waals surface area contributed by atoms with Crippen LogP contribution >= 0.6 is 69.4 Å². The van der Waals surface area contributed by atoms with E-state index in [1.807, 2.05) is 63.7 Å². The van der Waals surface area contributed by atoms with Crippen LogP contribution < -0.4 is 0 Å². The van der Waals surface area contributed by atoms with Crippen LogP contribution in [0.25, 0.3) is 32.8 Å². The number of esters is 2. The Bertz CT molecular complexity index is 3010. The van der Waals surface area contributed by atoms with Crippen LogP contribution in [0.2, 0.25) is 10.0 Å². The number of aromatic nitrogens is 2. The van der Waals surface area contributed by atoms with Crippen molar-refractivity contribution in [2.24, 2.45) is 0 Å². The molecule has 0 aliphatic rings. The fourth-order valence-electron chi connectivity index (χ4n) is 7.55. The Hall–Kier alpha value is -5.34. The number of thiophene rings is 2. The summed E-state index contributed by atoms with van der Waals surface area (Å²) in [5.74, 6) is -0.180. The van der Waals surface area contributed by atoms with Crippen molar-refractivity contribution in [3.05, 3.63) is 175 Å². The Morgan fingerprint density at radius 1 is 0.565 bits per heavy atom. The highest BCUT2D eigenvalue weighted by molar-refractivity contribution is 8.01. The normalized spacial score (nSPS) is 11.5. The summed E-state index contributed by atoms with van der Waals surface area (Å²) >= 11 is 18.3. The molecule has 8 nitrogen and oxygen atoms in total. The smallest absolute Gasteiger partial charge is 0.341 e. The van der Waals surface area contributed by atoms with Crippen LogP contribution in [0.1, 0.15) is 76.2 Å². The molecule has 62 heavy (non-hydrogen) atoms. The maximum absolute atomic E-state index is 14.2. The molecule has 0 fully saturated rings. The first-order valence-corrected chi connectivity index (χ1v) is 23.9. The topological polar surface area (TPSA) is 95.6 Å². The molecular formula is C48H34Cl2N2O6S4. The van der Waals surface area contributed by atoms with Gasteiger partial charge in [-0.15, -0.1) is 46.2 Å². The monoisotopic (exact) mass is 932 g/mol. The van der Waals surface area contributed by atoms with Crippen LogP contribution in [-0.2, 0) is 21.0 Å². The SMILES string of the molecule is CCOC(=O)c1c2c(C(=O)c3ccc(Cl)cc3)sc(SCc3cccc(CSc4sc(C(=O)c5ccc(Cl)cc5)c5c(C(=O)OCC)c6ccccn6c45)c3)c2n2ccccc12. The zero-order valence-corrected chi connectivity index (χ0v) is 37.9. The average molecular weight is 934 g/mol. The number of thioether (sulfide) groups is 2. The molecule has 0 saturated carbocycles. The first kappa shape index (κ1) is 42.0. The molecule has 9 rings (SSSR count). The molecule has 0 unspecified atom stereocenters. The standard InChI is InChI=1S/C48H34Cl2N2O6S4/c1-3-57-45(55)35-33-12-5-7-22-51(33)39-37(35)43(41(53)29-14-18-31(49)19-15-29)61-47(39)59-25-27-10-9-11-28(24-27)26-60-48-40-38(44(62-48)42(54)30-16-20-32(50)21-17-30)36(46(56)58-4-2)34-13-6-8-23-52(34)40/h5-24H,3-4,25-26H2,1-2H3. The molecule has 6 heterocycles. The average Bonchev–Trinajstić information content (AvgIpc) is 4.03. The van der Waals surface area contributed by atoms with E-state index in [0.29, 0.717) is 75.4 Å². The van der Waals surface area contributed by atoms with Crippen molar-refractivity contribution >= 4 is 126 Å². The van der Waals surface area contributed by atoms with Gasteiger partial charge in [-0.05, 0) is 97.8 Å². The summed E-state index contributed by atoms with van der Waals surface area (Å²) < 4.78 is 16.8. The number of benzene rings is 3. The summed E-state index contributed by atoms with van der Waals surface area (Å²) in [6, 6.07) is 33.2. The molecule has 0 N–H and O–H groups in total. The number of ether oxygens (including phenoxy) is 2. The molecule has 0 saturated heterocycles. The minimum absolute atomic E-state index is 0.197. The van der Waals surface area contributed by atoms with Gasteiger partial charge in [0, 0.05) is 55.8 Å². The summed E-state index contributed by atoms with van der Waals surface area (Å²) in [5, 5.41) is 2.20. The number of hydrogen-bond donors (Lipinski definition) is 0. The summed E-state index contributed by atoms with van der Waals surface area (Å²) in [6.45, 7) is 3.92. The van der Waals surface area contributed by atoms with Crippen molar-refractivity contribution in [2.45, 2.75) is 33.8 Å². The third-order valence-electron chi connectivity index (χ3n) is 10.2. The number of ketones is 2. The minimum Gasteiger partial charge on any atom is -0.462 e. The number of halogens is 2. The molecule has 0 bridgehead atoms. The first-order valence-electron chi connectivity index (χ1n) is 19.6. The highest BCUT2D eigenvalue weighted by atomic mass is 35.5. The molecule has 14 heteroatoms. The number of pyridine rings is 2. The fraction of sp³-hybridized carbons (Fsp3) is 0.125. The van der Waals surface area contributed by atoms with Crippen LogP contribution in [0.15, 0.2) is 130 Å². The first-order chi connectivity index (χ1) is 30.2. The van der Waals surface area contributed by atoms with Crippen LogP contribution in [-0.4, -0.2) is 45.5 Å². The van der Waals surface area contributed by atoms with Crippen LogP contribution in [0.4, 0.5) is 0 Å². The predicted molar refractivity (Wildman–Crippen MR) is 253 cm³/mol. The van der Waals surface area contributed by atoms with Gasteiger partial charge in [-0.1, -0.05) is 59.6 Å². The van der Waals surface area contributed by atoms with E-state index in [4.69, 9.17) is 32.7 Å². The van der Waals surface area contributed by atoms with E-state index >= 15 is 0 Å². The van der Waals surface area contributed by atoms with Gasteiger partial charge in [0.25, 0.3) is 0 Å². The second-order valence-electron chi connectivity index (χ2n) is 14.1. The molecule has 0 radical (unpaired) electrons. The lowest BCUT2D eigenvalue weighted by molar-refractivity contribution is 0.0521. The highest BCUT2D eigenvalue weighted by Gasteiger charge is 2.31. The van der Waals surface area contributed by atoms with Gasteiger partial charge in [0.05, 0.1) is 64.6 Å². The number of carbonyl (C=O) groups is 4.